The van der Waals surface area contributed by atoms with E-state index in [0.717, 1.165) is 5.57 Å². The number of ether oxygens (including phenoxy) is 1. The number of oxime groups is 1. The number of rotatable bonds is 13. The first-order valence-electron chi connectivity index (χ1n) is 11.5. The van der Waals surface area contributed by atoms with E-state index in [4.69, 9.17) is 9.57 Å². The van der Waals surface area contributed by atoms with Gasteiger partial charge in [0, 0.05) is 24.6 Å². The smallest absolute Gasteiger partial charge is 0.231 e. The summed E-state index contributed by atoms with van der Waals surface area (Å²) < 4.78 is 7.00. The normalized spacial score (nSPS) is 13.7. The van der Waals surface area contributed by atoms with Crippen LogP contribution in [0.3, 0.4) is 0 Å². The van der Waals surface area contributed by atoms with Crippen LogP contribution < -0.4 is 5.32 Å². The summed E-state index contributed by atoms with van der Waals surface area (Å²) >= 11 is 0. The average molecular weight is 482 g/mol. The van der Waals surface area contributed by atoms with Gasteiger partial charge in [0.15, 0.2) is 12.3 Å². The number of pyridine rings is 1. The molecule has 0 aliphatic heterocycles. The quantitative estimate of drug-likeness (QED) is 0.262. The molecule has 1 unspecified atom stereocenters. The molecule has 10 nitrogen and oxygen atoms in total. The summed E-state index contributed by atoms with van der Waals surface area (Å²) in [4.78, 5) is 23.0. The summed E-state index contributed by atoms with van der Waals surface area (Å²) in [6.45, 7) is 14.6. The SMILES string of the molecule is C=C/C=C(\C=C/C)C(=N/OCc1cccc(NC(=O)C(C)(C)C(C)COCC)n1)/c1nnnn1C. The van der Waals surface area contributed by atoms with Gasteiger partial charge >= 0.3 is 0 Å². The zero-order valence-corrected chi connectivity index (χ0v) is 21.4. The number of nitrogens with one attached hydrogen (secondary N) is 1. The molecule has 1 N–H and O–H groups in total. The van der Waals surface area contributed by atoms with E-state index in [9.17, 15) is 4.79 Å². The molecule has 0 radical (unpaired) electrons. The Morgan fingerprint density at radius 3 is 2.77 bits per heavy atom. The number of aromatic nitrogens is 5. The van der Waals surface area contributed by atoms with Crippen molar-refractivity contribution < 1.29 is 14.4 Å². The second-order valence-electron chi connectivity index (χ2n) is 8.45. The van der Waals surface area contributed by atoms with Gasteiger partial charge in [-0.05, 0) is 42.3 Å². The maximum atomic E-state index is 12.9. The van der Waals surface area contributed by atoms with Gasteiger partial charge in [0.1, 0.15) is 5.82 Å². The third kappa shape index (κ3) is 7.68. The molecule has 35 heavy (non-hydrogen) atoms. The standard InChI is InChI=1S/C25H35N7O3/c1-8-12-19(13-9-2)22(23-28-30-31-32(23)7)29-35-17-20-14-11-15-21(26-20)27-24(33)25(5,6)18(4)16-34-10-3/h8-9,11-15,18H,1,10,16-17H2,2-7H3,(H,26,27,33)/b13-9-,19-12+,29-22-. The highest BCUT2D eigenvalue weighted by Crippen LogP contribution is 2.28. The highest BCUT2D eigenvalue weighted by molar-refractivity contribution is 6.12. The molecule has 0 aliphatic carbocycles. The number of allylic oxidation sites excluding steroid dienone is 5. The van der Waals surface area contributed by atoms with Crippen molar-refractivity contribution in [2.75, 3.05) is 18.5 Å². The number of hydrogen-bond donors (Lipinski definition) is 1. The molecule has 0 saturated carbocycles. The topological polar surface area (TPSA) is 116 Å². The maximum absolute atomic E-state index is 12.9. The molecule has 0 fully saturated rings. The van der Waals surface area contributed by atoms with E-state index >= 15 is 0 Å². The molecular weight excluding hydrogens is 446 g/mol. The maximum Gasteiger partial charge on any atom is 0.231 e. The molecule has 2 aromatic heterocycles. The third-order valence-electron chi connectivity index (χ3n) is 5.55. The van der Waals surface area contributed by atoms with Crippen LogP contribution in [-0.4, -0.2) is 50.0 Å². The van der Waals surface area contributed by atoms with Gasteiger partial charge in [-0.2, -0.15) is 0 Å². The summed E-state index contributed by atoms with van der Waals surface area (Å²) in [6.07, 6.45) is 7.18. The molecule has 10 heteroatoms. The lowest BCUT2D eigenvalue weighted by Crippen LogP contribution is -2.38. The molecule has 0 spiro atoms. The van der Waals surface area contributed by atoms with Crippen molar-refractivity contribution in [2.45, 2.75) is 41.2 Å². The van der Waals surface area contributed by atoms with E-state index in [2.05, 4.69) is 37.6 Å². The Bertz CT molecular complexity index is 1090. The molecule has 1 amide bonds. The Morgan fingerprint density at radius 1 is 1.37 bits per heavy atom. The Morgan fingerprint density at radius 2 is 2.14 bits per heavy atom. The van der Waals surface area contributed by atoms with Crippen LogP contribution in [0.15, 0.2) is 59.8 Å². The summed E-state index contributed by atoms with van der Waals surface area (Å²) in [5.74, 6) is 0.784. The molecule has 0 aliphatic rings. The van der Waals surface area contributed by atoms with Crippen molar-refractivity contribution in [3.8, 4) is 0 Å². The minimum atomic E-state index is -0.632. The van der Waals surface area contributed by atoms with Crippen LogP contribution in [0.25, 0.3) is 0 Å². The van der Waals surface area contributed by atoms with Crippen molar-refractivity contribution in [1.29, 1.82) is 0 Å². The number of carbonyl (C=O) groups is 1. The summed E-state index contributed by atoms with van der Waals surface area (Å²) in [7, 11) is 1.72. The number of tetrazole rings is 1. The third-order valence-corrected chi connectivity index (χ3v) is 5.55. The Labute approximate surface area is 206 Å². The van der Waals surface area contributed by atoms with Gasteiger partial charge in [0.2, 0.25) is 11.7 Å². The zero-order valence-electron chi connectivity index (χ0n) is 21.4. The highest BCUT2D eigenvalue weighted by Gasteiger charge is 2.34. The molecule has 0 bridgehead atoms. The molecule has 0 saturated heterocycles. The Hall–Kier alpha value is -3.66. The average Bonchev–Trinajstić information content (AvgIpc) is 3.25. The van der Waals surface area contributed by atoms with Gasteiger partial charge in [-0.15, -0.1) is 5.10 Å². The summed E-state index contributed by atoms with van der Waals surface area (Å²) in [6, 6.07) is 5.34. The summed E-state index contributed by atoms with van der Waals surface area (Å²) in [5.41, 5.74) is 1.15. The summed E-state index contributed by atoms with van der Waals surface area (Å²) in [5, 5.41) is 18.8. The highest BCUT2D eigenvalue weighted by atomic mass is 16.6. The first-order chi connectivity index (χ1) is 16.7. The lowest BCUT2D eigenvalue weighted by Gasteiger charge is -2.30. The van der Waals surface area contributed by atoms with Crippen LogP contribution >= 0.6 is 0 Å². The second-order valence-corrected chi connectivity index (χ2v) is 8.45. The second kappa shape index (κ2) is 13.3. The predicted octanol–water partition coefficient (Wildman–Crippen LogP) is 3.85. The van der Waals surface area contributed by atoms with Crippen molar-refractivity contribution >= 4 is 17.4 Å². The molecular formula is C25H35N7O3. The zero-order chi connectivity index (χ0) is 25.8. The van der Waals surface area contributed by atoms with Gasteiger partial charge in [0.25, 0.3) is 0 Å². The molecule has 188 valence electrons. The number of hydrogen-bond acceptors (Lipinski definition) is 8. The van der Waals surface area contributed by atoms with Crippen molar-refractivity contribution in [1.82, 2.24) is 25.2 Å². The fourth-order valence-electron chi connectivity index (χ4n) is 2.97. The monoisotopic (exact) mass is 481 g/mol. The van der Waals surface area contributed by atoms with Crippen LogP contribution in [0.4, 0.5) is 5.82 Å². The Kier molecular flexibility index (Phi) is 10.5. The Balaban J connectivity index is 2.16. The predicted molar refractivity (Wildman–Crippen MR) is 136 cm³/mol. The first kappa shape index (κ1) is 27.6. The van der Waals surface area contributed by atoms with Crippen LogP contribution in [-0.2, 0) is 28.0 Å². The molecule has 2 aromatic rings. The fraction of sp³-hybridized carbons (Fsp3) is 0.440. The van der Waals surface area contributed by atoms with E-state index < -0.39 is 5.41 Å². The molecule has 2 heterocycles. The fourth-order valence-corrected chi connectivity index (χ4v) is 2.97. The minimum absolute atomic E-state index is 0.0341. The molecule has 2 rings (SSSR count). The van der Waals surface area contributed by atoms with E-state index in [1.54, 1.807) is 37.4 Å². The van der Waals surface area contributed by atoms with Crippen molar-refractivity contribution in [3.63, 3.8) is 0 Å². The van der Waals surface area contributed by atoms with Gasteiger partial charge in [-0.25, -0.2) is 9.67 Å². The largest absolute Gasteiger partial charge is 0.389 e. The van der Waals surface area contributed by atoms with E-state index in [-0.39, 0.29) is 18.4 Å². The van der Waals surface area contributed by atoms with Gasteiger partial charge < -0.3 is 14.9 Å². The van der Waals surface area contributed by atoms with Gasteiger partial charge in [-0.1, -0.05) is 62.9 Å². The first-order valence-corrected chi connectivity index (χ1v) is 11.5. The number of amides is 1. The van der Waals surface area contributed by atoms with Crippen LogP contribution in [0, 0.1) is 11.3 Å². The van der Waals surface area contributed by atoms with Crippen LogP contribution in [0.2, 0.25) is 0 Å². The molecule has 1 atom stereocenters. The number of aryl methyl sites for hydroxylation is 1. The van der Waals surface area contributed by atoms with E-state index in [1.165, 1.54) is 4.68 Å². The van der Waals surface area contributed by atoms with Crippen molar-refractivity contribution in [3.05, 3.63) is 66.2 Å². The van der Waals surface area contributed by atoms with Crippen LogP contribution in [0.5, 0.6) is 0 Å². The number of carbonyl (C=O) groups excluding carboxylic acids is 1. The van der Waals surface area contributed by atoms with Crippen molar-refractivity contribution in [2.24, 2.45) is 23.5 Å². The molecule has 0 aromatic carbocycles. The number of anilines is 1. The van der Waals surface area contributed by atoms with E-state index in [0.29, 0.717) is 36.3 Å². The lowest BCUT2D eigenvalue weighted by molar-refractivity contribution is -0.127. The minimum Gasteiger partial charge on any atom is -0.389 e. The van der Waals surface area contributed by atoms with Crippen LogP contribution in [0.1, 0.15) is 46.1 Å². The number of nitrogens with zero attached hydrogens (tertiary/aromatic N) is 6. The van der Waals surface area contributed by atoms with E-state index in [1.807, 2.05) is 46.8 Å². The van der Waals surface area contributed by atoms with Gasteiger partial charge in [0.05, 0.1) is 12.3 Å². The lowest BCUT2D eigenvalue weighted by atomic mass is 9.79. The van der Waals surface area contributed by atoms with Gasteiger partial charge in [-0.3, -0.25) is 4.79 Å².